The van der Waals surface area contributed by atoms with E-state index in [0.717, 1.165) is 21.8 Å². The molecule has 0 saturated carbocycles. The van der Waals surface area contributed by atoms with E-state index in [2.05, 4.69) is 24.6 Å². The fraction of sp³-hybridized carbons (Fsp3) is 0. The maximum Gasteiger partial charge on any atom is 0.173 e. The quantitative estimate of drug-likeness (QED) is 0.547. The topological polar surface area (TPSA) is 63.6 Å². The van der Waals surface area contributed by atoms with Gasteiger partial charge < -0.3 is 5.32 Å². The Bertz CT molecular complexity index is 1000. The molecule has 2 heterocycles. The second kappa shape index (κ2) is 6.96. The molecule has 0 unspecified atom stereocenters. The van der Waals surface area contributed by atoms with Gasteiger partial charge in [-0.2, -0.15) is 4.37 Å². The highest BCUT2D eigenvalue weighted by atomic mass is 35.5. The van der Waals surface area contributed by atoms with Crippen LogP contribution in [0, 0.1) is 0 Å². The Balaban J connectivity index is 1.69. The first kappa shape index (κ1) is 15.7. The molecule has 7 heteroatoms. The maximum atomic E-state index is 6.05. The minimum Gasteiger partial charge on any atom is -0.339 e. The number of nitrogens with zero attached hydrogens (tertiary/aromatic N) is 4. The number of nitrogens with one attached hydrogen (secondary N) is 1. The van der Waals surface area contributed by atoms with Gasteiger partial charge in [-0.1, -0.05) is 48.0 Å². The van der Waals surface area contributed by atoms with Gasteiger partial charge in [-0.05, 0) is 29.7 Å². The first-order valence-corrected chi connectivity index (χ1v) is 8.67. The van der Waals surface area contributed by atoms with Crippen molar-refractivity contribution in [3.8, 4) is 22.0 Å². The van der Waals surface area contributed by atoms with Crippen LogP contribution in [0.25, 0.3) is 22.0 Å². The third kappa shape index (κ3) is 3.50. The average molecular weight is 366 g/mol. The van der Waals surface area contributed by atoms with E-state index in [1.165, 1.54) is 17.9 Å². The van der Waals surface area contributed by atoms with Gasteiger partial charge in [-0.15, -0.1) is 0 Å². The lowest BCUT2D eigenvalue weighted by Gasteiger charge is -2.08. The van der Waals surface area contributed by atoms with Crippen LogP contribution < -0.4 is 5.32 Å². The van der Waals surface area contributed by atoms with Crippen molar-refractivity contribution in [1.29, 1.82) is 0 Å². The summed E-state index contributed by atoms with van der Waals surface area (Å²) in [6, 6.07) is 17.3. The molecule has 2 aromatic heterocycles. The Morgan fingerprint density at radius 3 is 2.72 bits per heavy atom. The van der Waals surface area contributed by atoms with Crippen LogP contribution in [0.5, 0.6) is 0 Å². The van der Waals surface area contributed by atoms with Crippen LogP contribution in [0.3, 0.4) is 0 Å². The van der Waals surface area contributed by atoms with Gasteiger partial charge >= 0.3 is 0 Å². The summed E-state index contributed by atoms with van der Waals surface area (Å²) in [6.45, 7) is 0. The zero-order valence-corrected chi connectivity index (χ0v) is 14.5. The Morgan fingerprint density at radius 1 is 1.00 bits per heavy atom. The van der Waals surface area contributed by atoms with Crippen molar-refractivity contribution < 1.29 is 0 Å². The highest BCUT2D eigenvalue weighted by Crippen LogP contribution is 2.31. The fourth-order valence-corrected chi connectivity index (χ4v) is 3.21. The lowest BCUT2D eigenvalue weighted by molar-refractivity contribution is 1.16. The number of anilines is 2. The van der Waals surface area contributed by atoms with Gasteiger partial charge in [-0.25, -0.2) is 15.0 Å². The zero-order chi connectivity index (χ0) is 17.1. The van der Waals surface area contributed by atoms with Gasteiger partial charge in [-0.3, -0.25) is 0 Å². The van der Waals surface area contributed by atoms with Crippen molar-refractivity contribution in [2.45, 2.75) is 0 Å². The normalized spacial score (nSPS) is 10.6. The predicted octanol–water partition coefficient (Wildman–Crippen LogP) is 5.06. The number of rotatable bonds is 4. The van der Waals surface area contributed by atoms with Crippen LogP contribution >= 0.6 is 23.1 Å². The van der Waals surface area contributed by atoms with Crippen LogP contribution in [-0.2, 0) is 0 Å². The molecule has 25 heavy (non-hydrogen) atoms. The second-order valence-corrected chi connectivity index (χ2v) is 6.40. The van der Waals surface area contributed by atoms with Crippen LogP contribution in [0.15, 0.2) is 67.1 Å². The molecule has 0 aliphatic rings. The summed E-state index contributed by atoms with van der Waals surface area (Å²) in [4.78, 5) is 13.1. The summed E-state index contributed by atoms with van der Waals surface area (Å²) in [5.74, 6) is 1.35. The van der Waals surface area contributed by atoms with Crippen molar-refractivity contribution >= 4 is 34.6 Å². The van der Waals surface area contributed by atoms with Gasteiger partial charge in [0, 0.05) is 22.5 Å². The zero-order valence-electron chi connectivity index (χ0n) is 12.9. The number of halogens is 1. The van der Waals surface area contributed by atoms with E-state index in [1.54, 1.807) is 6.20 Å². The third-order valence-corrected chi connectivity index (χ3v) is 4.47. The molecule has 0 bridgehead atoms. The lowest BCUT2D eigenvalue weighted by atomic mass is 10.2. The first-order chi connectivity index (χ1) is 12.3. The monoisotopic (exact) mass is 365 g/mol. The fourth-order valence-electron chi connectivity index (χ4n) is 2.33. The number of hydrogen-bond acceptors (Lipinski definition) is 6. The van der Waals surface area contributed by atoms with Crippen LogP contribution in [0.1, 0.15) is 0 Å². The molecule has 0 atom stereocenters. The van der Waals surface area contributed by atoms with E-state index in [4.69, 9.17) is 11.6 Å². The number of aromatic nitrogens is 4. The van der Waals surface area contributed by atoms with Gasteiger partial charge in [0.2, 0.25) is 0 Å². The van der Waals surface area contributed by atoms with E-state index >= 15 is 0 Å². The SMILES string of the molecule is Clc1cccc(Nc2ncncc2-c2nc(-c3ccccc3)ns2)c1. The smallest absolute Gasteiger partial charge is 0.173 e. The van der Waals surface area contributed by atoms with E-state index in [0.29, 0.717) is 16.7 Å². The summed E-state index contributed by atoms with van der Waals surface area (Å²) in [5, 5.41) is 4.67. The minimum absolute atomic E-state index is 0.655. The molecule has 0 spiro atoms. The summed E-state index contributed by atoms with van der Waals surface area (Å²) in [5.41, 5.74) is 2.62. The Labute approximate surface area is 153 Å². The van der Waals surface area contributed by atoms with Gasteiger partial charge in [0.05, 0.1) is 5.56 Å². The molecular formula is C18H12ClN5S. The summed E-state index contributed by atoms with van der Waals surface area (Å²) < 4.78 is 4.45. The molecule has 0 aliphatic carbocycles. The van der Waals surface area contributed by atoms with Crippen molar-refractivity contribution in [2.24, 2.45) is 0 Å². The Hall–Kier alpha value is -2.83. The van der Waals surface area contributed by atoms with Crippen molar-refractivity contribution in [1.82, 2.24) is 19.3 Å². The first-order valence-electron chi connectivity index (χ1n) is 7.52. The molecule has 122 valence electrons. The highest BCUT2D eigenvalue weighted by molar-refractivity contribution is 7.09. The molecule has 0 aliphatic heterocycles. The van der Waals surface area contributed by atoms with Crippen LogP contribution in [0.2, 0.25) is 5.02 Å². The van der Waals surface area contributed by atoms with E-state index in [1.807, 2.05) is 54.6 Å². The molecule has 5 nitrogen and oxygen atoms in total. The summed E-state index contributed by atoms with van der Waals surface area (Å²) in [7, 11) is 0. The summed E-state index contributed by atoms with van der Waals surface area (Å²) >= 11 is 7.36. The molecule has 0 saturated heterocycles. The lowest BCUT2D eigenvalue weighted by Crippen LogP contribution is -1.97. The molecule has 0 radical (unpaired) electrons. The highest BCUT2D eigenvalue weighted by Gasteiger charge is 2.13. The Morgan fingerprint density at radius 2 is 1.88 bits per heavy atom. The number of benzene rings is 2. The standard InChI is InChI=1S/C18H12ClN5S/c19-13-7-4-8-14(9-13)22-17-15(10-20-11-21-17)18-23-16(24-25-18)12-5-2-1-3-6-12/h1-11H,(H,20,21,22). The number of hydrogen-bond donors (Lipinski definition) is 1. The Kier molecular flexibility index (Phi) is 4.37. The second-order valence-electron chi connectivity index (χ2n) is 5.21. The maximum absolute atomic E-state index is 6.05. The minimum atomic E-state index is 0.655. The van der Waals surface area contributed by atoms with Crippen LogP contribution in [-0.4, -0.2) is 19.3 Å². The van der Waals surface area contributed by atoms with Crippen molar-refractivity contribution in [3.05, 3.63) is 72.1 Å². The van der Waals surface area contributed by atoms with Crippen molar-refractivity contribution in [3.63, 3.8) is 0 Å². The molecule has 0 fully saturated rings. The molecule has 4 aromatic rings. The van der Waals surface area contributed by atoms with Crippen LogP contribution in [0.4, 0.5) is 11.5 Å². The van der Waals surface area contributed by atoms with Crippen molar-refractivity contribution in [2.75, 3.05) is 5.32 Å². The average Bonchev–Trinajstić information content (AvgIpc) is 3.13. The molecular weight excluding hydrogens is 354 g/mol. The van der Waals surface area contributed by atoms with Gasteiger partial charge in [0.25, 0.3) is 0 Å². The molecule has 0 amide bonds. The van der Waals surface area contributed by atoms with Gasteiger partial charge in [0.15, 0.2) is 5.82 Å². The third-order valence-electron chi connectivity index (χ3n) is 3.49. The summed E-state index contributed by atoms with van der Waals surface area (Å²) in [6.07, 6.45) is 3.23. The van der Waals surface area contributed by atoms with E-state index in [9.17, 15) is 0 Å². The molecule has 4 rings (SSSR count). The largest absolute Gasteiger partial charge is 0.339 e. The van der Waals surface area contributed by atoms with E-state index in [-0.39, 0.29) is 0 Å². The predicted molar refractivity (Wildman–Crippen MR) is 101 cm³/mol. The molecule has 1 N–H and O–H groups in total. The van der Waals surface area contributed by atoms with Gasteiger partial charge in [0.1, 0.15) is 17.2 Å². The van der Waals surface area contributed by atoms with E-state index < -0.39 is 0 Å². The molecule has 2 aromatic carbocycles.